The van der Waals surface area contributed by atoms with Crippen molar-refractivity contribution in [3.05, 3.63) is 36.0 Å². The maximum absolute atomic E-state index is 9.38. The Morgan fingerprint density at radius 2 is 2.14 bits per heavy atom. The van der Waals surface area contributed by atoms with Gasteiger partial charge in [-0.1, -0.05) is 18.2 Å². The van der Waals surface area contributed by atoms with Crippen molar-refractivity contribution >= 4 is 10.9 Å². The third-order valence-electron chi connectivity index (χ3n) is 2.50. The van der Waals surface area contributed by atoms with Crippen LogP contribution < -0.4 is 0 Å². The number of aliphatic hydroxyl groups is 1. The molecule has 2 aromatic rings. The molecule has 0 bridgehead atoms. The molecule has 74 valence electrons. The Hall–Kier alpha value is -1.28. The van der Waals surface area contributed by atoms with Crippen LogP contribution >= 0.6 is 0 Å². The van der Waals surface area contributed by atoms with E-state index in [-0.39, 0.29) is 6.10 Å². The van der Waals surface area contributed by atoms with Gasteiger partial charge < -0.3 is 9.67 Å². The topological polar surface area (TPSA) is 25.2 Å². The molecule has 0 saturated carbocycles. The summed E-state index contributed by atoms with van der Waals surface area (Å²) in [5, 5.41) is 10.6. The molecule has 1 aromatic heterocycles. The van der Waals surface area contributed by atoms with Crippen LogP contribution in [0.1, 0.15) is 12.5 Å². The summed E-state index contributed by atoms with van der Waals surface area (Å²) in [7, 11) is 2.04. The number of benzene rings is 1. The second kappa shape index (κ2) is 3.46. The van der Waals surface area contributed by atoms with Gasteiger partial charge in [-0.3, -0.25) is 0 Å². The molecule has 0 aliphatic rings. The number of fused-ring (bicyclic) bond motifs is 1. The number of hydrogen-bond acceptors (Lipinski definition) is 1. The van der Waals surface area contributed by atoms with E-state index in [9.17, 15) is 5.11 Å². The van der Waals surface area contributed by atoms with Gasteiger partial charge in [0.2, 0.25) is 0 Å². The van der Waals surface area contributed by atoms with Crippen molar-refractivity contribution in [2.75, 3.05) is 0 Å². The molecule has 2 nitrogen and oxygen atoms in total. The van der Waals surface area contributed by atoms with E-state index in [1.54, 1.807) is 0 Å². The molecule has 2 heteroatoms. The molecule has 14 heavy (non-hydrogen) atoms. The summed E-state index contributed by atoms with van der Waals surface area (Å²) in [6, 6.07) is 8.32. The molecule has 1 atom stereocenters. The van der Waals surface area contributed by atoms with Crippen LogP contribution in [0.4, 0.5) is 0 Å². The minimum Gasteiger partial charge on any atom is -0.393 e. The van der Waals surface area contributed by atoms with E-state index in [1.165, 1.54) is 16.5 Å². The first-order valence-electron chi connectivity index (χ1n) is 4.89. The van der Waals surface area contributed by atoms with Gasteiger partial charge in [0, 0.05) is 19.7 Å². The van der Waals surface area contributed by atoms with Crippen LogP contribution in [0.5, 0.6) is 0 Å². The fraction of sp³-hybridized carbons (Fsp3) is 0.333. The Morgan fingerprint density at radius 3 is 2.86 bits per heavy atom. The van der Waals surface area contributed by atoms with Gasteiger partial charge in [0.1, 0.15) is 0 Å². The first kappa shape index (κ1) is 9.28. The van der Waals surface area contributed by atoms with Crippen molar-refractivity contribution in [2.24, 2.45) is 7.05 Å². The molecule has 0 aliphatic carbocycles. The van der Waals surface area contributed by atoms with Crippen LogP contribution in [-0.2, 0) is 13.5 Å². The molecule has 0 amide bonds. The van der Waals surface area contributed by atoms with E-state index in [1.807, 2.05) is 20.0 Å². The van der Waals surface area contributed by atoms with Crippen LogP contribution in [0.3, 0.4) is 0 Å². The molecule has 0 aliphatic heterocycles. The summed E-state index contributed by atoms with van der Waals surface area (Å²) in [5.74, 6) is 0. The highest BCUT2D eigenvalue weighted by atomic mass is 16.3. The Kier molecular flexibility index (Phi) is 2.30. The van der Waals surface area contributed by atoms with Crippen molar-refractivity contribution < 1.29 is 5.11 Å². The van der Waals surface area contributed by atoms with Gasteiger partial charge in [0.25, 0.3) is 0 Å². The smallest absolute Gasteiger partial charge is 0.0553 e. The zero-order valence-corrected chi connectivity index (χ0v) is 8.57. The van der Waals surface area contributed by atoms with Gasteiger partial charge in [-0.15, -0.1) is 0 Å². The fourth-order valence-corrected chi connectivity index (χ4v) is 1.93. The predicted octanol–water partition coefficient (Wildman–Crippen LogP) is 2.10. The second-order valence-electron chi connectivity index (χ2n) is 3.83. The number of rotatable bonds is 2. The van der Waals surface area contributed by atoms with E-state index in [0.717, 1.165) is 6.42 Å². The van der Waals surface area contributed by atoms with Crippen molar-refractivity contribution in [1.82, 2.24) is 4.57 Å². The monoisotopic (exact) mass is 189 g/mol. The lowest BCUT2D eigenvalue weighted by Crippen LogP contribution is -2.05. The lowest BCUT2D eigenvalue weighted by Gasteiger charge is -2.07. The molecular formula is C12H15NO. The highest BCUT2D eigenvalue weighted by Crippen LogP contribution is 2.20. The third kappa shape index (κ3) is 1.53. The molecule has 0 spiro atoms. The third-order valence-corrected chi connectivity index (χ3v) is 2.50. The summed E-state index contributed by atoms with van der Waals surface area (Å²) in [6.45, 7) is 1.82. The van der Waals surface area contributed by atoms with E-state index < -0.39 is 0 Å². The molecule has 0 fully saturated rings. The molecular weight excluding hydrogens is 174 g/mol. The minimum atomic E-state index is -0.282. The molecule has 1 N–H and O–H groups in total. The number of nitrogens with zero attached hydrogens (tertiary/aromatic N) is 1. The van der Waals surface area contributed by atoms with Crippen LogP contribution in [-0.4, -0.2) is 15.8 Å². The number of aliphatic hydroxyl groups excluding tert-OH is 1. The minimum absolute atomic E-state index is 0.282. The molecule has 1 aromatic carbocycles. The first-order chi connectivity index (χ1) is 6.68. The molecule has 1 heterocycles. The van der Waals surface area contributed by atoms with E-state index in [2.05, 4.69) is 29.0 Å². The Bertz CT molecular complexity index is 443. The maximum Gasteiger partial charge on any atom is 0.0553 e. The first-order valence-corrected chi connectivity index (χ1v) is 4.89. The van der Waals surface area contributed by atoms with Crippen LogP contribution in [0.25, 0.3) is 10.9 Å². The second-order valence-corrected chi connectivity index (χ2v) is 3.83. The van der Waals surface area contributed by atoms with Crippen molar-refractivity contribution in [3.63, 3.8) is 0 Å². The van der Waals surface area contributed by atoms with E-state index in [4.69, 9.17) is 0 Å². The SMILES string of the molecule is CC(O)Cc1cccc2ccn(C)c12. The van der Waals surface area contributed by atoms with Crippen LogP contribution in [0.2, 0.25) is 0 Å². The van der Waals surface area contributed by atoms with Gasteiger partial charge in [0.15, 0.2) is 0 Å². The molecule has 0 saturated heterocycles. The molecule has 1 unspecified atom stereocenters. The Morgan fingerprint density at radius 1 is 1.36 bits per heavy atom. The quantitative estimate of drug-likeness (QED) is 0.769. The highest BCUT2D eigenvalue weighted by molar-refractivity contribution is 5.83. The van der Waals surface area contributed by atoms with Crippen molar-refractivity contribution in [2.45, 2.75) is 19.4 Å². The summed E-state index contributed by atoms with van der Waals surface area (Å²) in [4.78, 5) is 0. The predicted molar refractivity (Wildman–Crippen MR) is 58.3 cm³/mol. The molecule has 2 rings (SSSR count). The van der Waals surface area contributed by atoms with Gasteiger partial charge in [-0.25, -0.2) is 0 Å². The lowest BCUT2D eigenvalue weighted by molar-refractivity contribution is 0.196. The molecule has 0 radical (unpaired) electrons. The van der Waals surface area contributed by atoms with Crippen LogP contribution in [0.15, 0.2) is 30.5 Å². The van der Waals surface area contributed by atoms with Gasteiger partial charge in [-0.2, -0.15) is 0 Å². The Labute approximate surface area is 83.8 Å². The van der Waals surface area contributed by atoms with Gasteiger partial charge in [0.05, 0.1) is 11.6 Å². The average molecular weight is 189 g/mol. The highest BCUT2D eigenvalue weighted by Gasteiger charge is 2.06. The standard InChI is InChI=1S/C12H15NO/c1-9(14)8-11-5-3-4-10-6-7-13(2)12(10)11/h3-7,9,14H,8H2,1-2H3. The van der Waals surface area contributed by atoms with E-state index in [0.29, 0.717) is 0 Å². The number of aryl methyl sites for hydroxylation is 1. The average Bonchev–Trinajstić information content (AvgIpc) is 2.48. The number of aromatic nitrogens is 1. The summed E-state index contributed by atoms with van der Waals surface area (Å²) < 4.78 is 2.10. The normalized spacial score (nSPS) is 13.4. The zero-order chi connectivity index (χ0) is 10.1. The maximum atomic E-state index is 9.38. The summed E-state index contributed by atoms with van der Waals surface area (Å²) in [5.41, 5.74) is 2.44. The fourth-order valence-electron chi connectivity index (χ4n) is 1.93. The summed E-state index contributed by atoms with van der Waals surface area (Å²) >= 11 is 0. The Balaban J connectivity index is 2.57. The van der Waals surface area contributed by atoms with Crippen LogP contribution in [0, 0.1) is 0 Å². The van der Waals surface area contributed by atoms with Gasteiger partial charge >= 0.3 is 0 Å². The largest absolute Gasteiger partial charge is 0.393 e. The number of para-hydroxylation sites is 1. The van der Waals surface area contributed by atoms with Gasteiger partial charge in [-0.05, 0) is 23.9 Å². The van der Waals surface area contributed by atoms with Crippen molar-refractivity contribution in [3.8, 4) is 0 Å². The van der Waals surface area contributed by atoms with E-state index >= 15 is 0 Å². The lowest BCUT2D eigenvalue weighted by atomic mass is 10.1. The summed E-state index contributed by atoms with van der Waals surface area (Å²) in [6.07, 6.45) is 2.49. The van der Waals surface area contributed by atoms with Crippen molar-refractivity contribution in [1.29, 1.82) is 0 Å². The number of hydrogen-bond donors (Lipinski definition) is 1. The zero-order valence-electron chi connectivity index (χ0n) is 8.57.